The minimum absolute atomic E-state index is 0.128. The Morgan fingerprint density at radius 1 is 1.25 bits per heavy atom. The van der Waals surface area contributed by atoms with Crippen LogP contribution in [-0.4, -0.2) is 37.3 Å². The molecule has 0 heterocycles. The Balaban J connectivity index is 4.07. The van der Waals surface area contributed by atoms with Gasteiger partial charge in [-0.05, 0) is 13.8 Å². The minimum atomic E-state index is -5.88. The topological polar surface area (TPSA) is 38.3 Å². The van der Waals surface area contributed by atoms with Crippen LogP contribution in [0.25, 0.3) is 0 Å². The fourth-order valence-corrected chi connectivity index (χ4v) is 0.699. The molecule has 0 aliphatic rings. The fourth-order valence-electron chi connectivity index (χ4n) is 0.699. The summed E-state index contributed by atoms with van der Waals surface area (Å²) in [6, 6.07) is 0. The molecule has 0 aliphatic heterocycles. The van der Waals surface area contributed by atoms with Crippen LogP contribution in [-0.2, 0) is 9.53 Å². The molecule has 0 spiro atoms. The smallest absolute Gasteiger partial charge is 0.377 e. The Labute approximate surface area is 88.9 Å². The minimum Gasteiger partial charge on any atom is -0.377 e. The normalized spacial score (nSPS) is 13.0. The van der Waals surface area contributed by atoms with E-state index >= 15 is 0 Å². The first-order valence-electron chi connectivity index (χ1n) is 4.43. The van der Waals surface area contributed by atoms with Gasteiger partial charge in [-0.2, -0.15) is 22.0 Å². The first-order valence-corrected chi connectivity index (χ1v) is 4.43. The fraction of sp³-hybridized carbons (Fsp3) is 0.875. The number of rotatable bonds is 5. The highest BCUT2D eigenvalue weighted by Gasteiger charge is 2.63. The van der Waals surface area contributed by atoms with Crippen LogP contribution in [0.15, 0.2) is 0 Å². The number of nitrogens with one attached hydrogen (secondary N) is 1. The summed E-state index contributed by atoms with van der Waals surface area (Å²) in [6.07, 6.45) is -6.07. The van der Waals surface area contributed by atoms with E-state index in [2.05, 4.69) is 0 Å². The summed E-state index contributed by atoms with van der Waals surface area (Å²) in [5.41, 5.74) is 0. The van der Waals surface area contributed by atoms with Crippen LogP contribution < -0.4 is 5.32 Å². The van der Waals surface area contributed by atoms with Gasteiger partial charge in [0.05, 0.1) is 12.7 Å². The van der Waals surface area contributed by atoms with Gasteiger partial charge in [-0.3, -0.25) is 4.79 Å². The highest BCUT2D eigenvalue weighted by Crippen LogP contribution is 2.35. The molecule has 0 saturated heterocycles. The first-order chi connectivity index (χ1) is 7.09. The van der Waals surface area contributed by atoms with E-state index < -0.39 is 24.6 Å². The van der Waals surface area contributed by atoms with Crippen molar-refractivity contribution in [3.63, 3.8) is 0 Å². The predicted octanol–water partition coefficient (Wildman–Crippen LogP) is 1.73. The lowest BCUT2D eigenvalue weighted by molar-refractivity contribution is -0.269. The average Bonchev–Trinajstić information content (AvgIpc) is 2.09. The summed E-state index contributed by atoms with van der Waals surface area (Å²) in [5, 5.41) is 1.45. The molecular weight excluding hydrogens is 237 g/mol. The molecule has 0 atom stereocenters. The predicted molar refractivity (Wildman–Crippen MR) is 45.1 cm³/mol. The molecule has 0 aromatic carbocycles. The van der Waals surface area contributed by atoms with Crippen molar-refractivity contribution >= 4 is 5.91 Å². The molecule has 16 heavy (non-hydrogen) atoms. The molecule has 0 saturated carbocycles. The number of ether oxygens (including phenoxy) is 1. The number of carbonyl (C=O) groups excluding carboxylic acids is 1. The summed E-state index contributed by atoms with van der Waals surface area (Å²) < 4.78 is 64.6. The summed E-state index contributed by atoms with van der Waals surface area (Å²) in [7, 11) is 0. The zero-order valence-electron chi connectivity index (χ0n) is 8.70. The van der Waals surface area contributed by atoms with Crippen molar-refractivity contribution in [1.82, 2.24) is 5.32 Å². The molecule has 0 unspecified atom stereocenters. The molecule has 0 rings (SSSR count). The Morgan fingerprint density at radius 2 is 1.75 bits per heavy atom. The van der Waals surface area contributed by atoms with E-state index in [9.17, 15) is 26.7 Å². The Kier molecular flexibility index (Phi) is 5.11. The zero-order chi connectivity index (χ0) is 13.0. The van der Waals surface area contributed by atoms with E-state index in [4.69, 9.17) is 4.74 Å². The maximum Gasteiger partial charge on any atom is 0.463 e. The third-order valence-electron chi connectivity index (χ3n) is 1.48. The van der Waals surface area contributed by atoms with Gasteiger partial charge in [0, 0.05) is 6.54 Å². The second kappa shape index (κ2) is 5.42. The third kappa shape index (κ3) is 4.30. The maximum atomic E-state index is 12.3. The third-order valence-corrected chi connectivity index (χ3v) is 1.48. The Hall–Kier alpha value is -0.920. The molecule has 0 radical (unpaired) electrons. The molecule has 1 amide bonds. The quantitative estimate of drug-likeness (QED) is 0.595. The van der Waals surface area contributed by atoms with Crippen LogP contribution >= 0.6 is 0 Å². The van der Waals surface area contributed by atoms with Crippen molar-refractivity contribution in [2.45, 2.75) is 32.1 Å². The molecule has 0 fully saturated rings. The summed E-state index contributed by atoms with van der Waals surface area (Å²) in [5.74, 6) is -7.74. The van der Waals surface area contributed by atoms with Gasteiger partial charge in [0.15, 0.2) is 0 Å². The molecule has 96 valence electrons. The van der Waals surface area contributed by atoms with Crippen LogP contribution in [0, 0.1) is 0 Å². The van der Waals surface area contributed by atoms with Crippen molar-refractivity contribution < 1.29 is 31.5 Å². The lowest BCUT2D eigenvalue weighted by Gasteiger charge is -2.18. The largest absolute Gasteiger partial charge is 0.463 e. The van der Waals surface area contributed by atoms with Gasteiger partial charge in [-0.15, -0.1) is 0 Å². The lowest BCUT2D eigenvalue weighted by atomic mass is 10.3. The van der Waals surface area contributed by atoms with Gasteiger partial charge in [-0.1, -0.05) is 0 Å². The number of alkyl halides is 5. The van der Waals surface area contributed by atoms with Crippen molar-refractivity contribution in [2.75, 3.05) is 13.2 Å². The molecule has 0 aliphatic carbocycles. The first kappa shape index (κ1) is 15.1. The lowest BCUT2D eigenvalue weighted by Crippen LogP contribution is -2.51. The molecule has 0 aromatic heterocycles. The summed E-state index contributed by atoms with van der Waals surface area (Å²) in [6.45, 7) is 2.79. The van der Waals surface area contributed by atoms with Gasteiger partial charge in [0.2, 0.25) is 0 Å². The highest BCUT2D eigenvalue weighted by molar-refractivity contribution is 5.84. The van der Waals surface area contributed by atoms with E-state index in [-0.39, 0.29) is 12.7 Å². The van der Waals surface area contributed by atoms with Crippen molar-refractivity contribution in [3.8, 4) is 0 Å². The van der Waals surface area contributed by atoms with E-state index in [1.54, 1.807) is 13.8 Å². The molecular formula is C8H12F5NO2. The molecule has 0 bridgehead atoms. The Morgan fingerprint density at radius 3 is 2.12 bits per heavy atom. The standard InChI is InChI=1S/C8H12F5NO2/c1-5(2)16-4-3-14-6(15)7(9,10)8(11,12)13/h5H,3-4H2,1-2H3,(H,14,15). The van der Waals surface area contributed by atoms with Gasteiger partial charge < -0.3 is 10.1 Å². The van der Waals surface area contributed by atoms with Crippen LogP contribution in [0.3, 0.4) is 0 Å². The van der Waals surface area contributed by atoms with Gasteiger partial charge in [0.1, 0.15) is 0 Å². The number of hydrogen-bond acceptors (Lipinski definition) is 2. The summed E-state index contributed by atoms with van der Waals surface area (Å²) in [4.78, 5) is 10.5. The Bertz CT molecular complexity index is 239. The van der Waals surface area contributed by atoms with Gasteiger partial charge >= 0.3 is 12.1 Å². The molecule has 8 heteroatoms. The van der Waals surface area contributed by atoms with Gasteiger partial charge in [0.25, 0.3) is 5.91 Å². The monoisotopic (exact) mass is 249 g/mol. The van der Waals surface area contributed by atoms with E-state index in [0.717, 1.165) is 0 Å². The summed E-state index contributed by atoms with van der Waals surface area (Å²) >= 11 is 0. The van der Waals surface area contributed by atoms with Crippen molar-refractivity contribution in [2.24, 2.45) is 0 Å². The number of carbonyl (C=O) groups is 1. The van der Waals surface area contributed by atoms with Crippen molar-refractivity contribution in [3.05, 3.63) is 0 Å². The van der Waals surface area contributed by atoms with Crippen LogP contribution in [0.2, 0.25) is 0 Å². The van der Waals surface area contributed by atoms with Crippen LogP contribution in [0.4, 0.5) is 22.0 Å². The van der Waals surface area contributed by atoms with E-state index in [1.807, 2.05) is 0 Å². The maximum absolute atomic E-state index is 12.3. The van der Waals surface area contributed by atoms with Gasteiger partial charge in [-0.25, -0.2) is 0 Å². The van der Waals surface area contributed by atoms with E-state index in [0.29, 0.717) is 0 Å². The second-order valence-electron chi connectivity index (χ2n) is 3.25. The van der Waals surface area contributed by atoms with E-state index in [1.165, 1.54) is 5.32 Å². The average molecular weight is 249 g/mol. The molecule has 1 N–H and O–H groups in total. The molecule has 0 aromatic rings. The molecule has 3 nitrogen and oxygen atoms in total. The van der Waals surface area contributed by atoms with Crippen LogP contribution in [0.5, 0.6) is 0 Å². The highest BCUT2D eigenvalue weighted by atomic mass is 19.4. The second-order valence-corrected chi connectivity index (χ2v) is 3.25. The SMILES string of the molecule is CC(C)OCCNC(=O)C(F)(F)C(F)(F)F. The van der Waals surface area contributed by atoms with Crippen LogP contribution in [0.1, 0.15) is 13.8 Å². The van der Waals surface area contributed by atoms with Crippen molar-refractivity contribution in [1.29, 1.82) is 0 Å². The number of halogens is 5. The number of hydrogen-bond donors (Lipinski definition) is 1. The number of amides is 1. The zero-order valence-corrected chi connectivity index (χ0v) is 8.70.